The van der Waals surface area contributed by atoms with Gasteiger partial charge in [0.1, 0.15) is 5.54 Å². The standard InChI is InChI=1S/C12H24N2O3/c1-4-10-9-12(11(15)16,5-8-17-10)13-6-7-14(2)3/h10,13H,4-9H2,1-3H3,(H,15,16). The van der Waals surface area contributed by atoms with Crippen molar-refractivity contribution in [2.24, 2.45) is 0 Å². The Hall–Kier alpha value is -0.650. The SMILES string of the molecule is CCC1CC(NCCN(C)C)(C(=O)O)CCO1. The van der Waals surface area contributed by atoms with Gasteiger partial charge in [0.05, 0.1) is 6.10 Å². The number of carboxylic acid groups (broad SMARTS) is 1. The molecule has 2 N–H and O–H groups in total. The first kappa shape index (κ1) is 14.4. The molecule has 0 aromatic heterocycles. The van der Waals surface area contributed by atoms with Crippen LogP contribution in [0.2, 0.25) is 0 Å². The average Bonchev–Trinajstić information content (AvgIpc) is 2.28. The third kappa shape index (κ3) is 3.94. The molecule has 2 atom stereocenters. The van der Waals surface area contributed by atoms with E-state index in [0.29, 0.717) is 26.0 Å². The largest absolute Gasteiger partial charge is 0.480 e. The lowest BCUT2D eigenvalue weighted by Gasteiger charge is -2.38. The van der Waals surface area contributed by atoms with Gasteiger partial charge in [-0.2, -0.15) is 0 Å². The van der Waals surface area contributed by atoms with E-state index >= 15 is 0 Å². The van der Waals surface area contributed by atoms with Crippen LogP contribution in [0.1, 0.15) is 26.2 Å². The first-order valence-electron chi connectivity index (χ1n) is 6.25. The van der Waals surface area contributed by atoms with Crippen LogP contribution >= 0.6 is 0 Å². The van der Waals surface area contributed by atoms with E-state index < -0.39 is 11.5 Å². The first-order valence-corrected chi connectivity index (χ1v) is 6.25. The van der Waals surface area contributed by atoms with Gasteiger partial charge in [-0.15, -0.1) is 0 Å². The Bertz CT molecular complexity index is 258. The van der Waals surface area contributed by atoms with Crippen LogP contribution in [0.25, 0.3) is 0 Å². The van der Waals surface area contributed by atoms with Gasteiger partial charge in [-0.05, 0) is 26.9 Å². The second-order valence-electron chi connectivity index (χ2n) is 4.97. The van der Waals surface area contributed by atoms with Crippen LogP contribution < -0.4 is 5.32 Å². The molecule has 0 spiro atoms. The van der Waals surface area contributed by atoms with Gasteiger partial charge in [0.2, 0.25) is 0 Å². The Morgan fingerprint density at radius 1 is 1.59 bits per heavy atom. The quantitative estimate of drug-likeness (QED) is 0.714. The Morgan fingerprint density at radius 2 is 2.29 bits per heavy atom. The minimum absolute atomic E-state index is 0.0618. The lowest BCUT2D eigenvalue weighted by atomic mass is 9.85. The van der Waals surface area contributed by atoms with Crippen molar-refractivity contribution in [3.63, 3.8) is 0 Å². The first-order chi connectivity index (χ1) is 8.00. The van der Waals surface area contributed by atoms with Crippen LogP contribution in [-0.2, 0) is 9.53 Å². The molecule has 5 nitrogen and oxygen atoms in total. The molecule has 2 unspecified atom stereocenters. The van der Waals surface area contributed by atoms with E-state index in [1.165, 1.54) is 0 Å². The average molecular weight is 244 g/mol. The minimum atomic E-state index is -0.797. The maximum atomic E-state index is 11.5. The molecular formula is C12H24N2O3. The fourth-order valence-corrected chi connectivity index (χ4v) is 2.16. The number of rotatable bonds is 6. The summed E-state index contributed by atoms with van der Waals surface area (Å²) in [7, 11) is 3.96. The van der Waals surface area contributed by atoms with Crippen molar-refractivity contribution < 1.29 is 14.6 Å². The highest BCUT2D eigenvalue weighted by Crippen LogP contribution is 2.26. The molecule has 0 aromatic rings. The Kier molecular flexibility index (Phi) is 5.36. The van der Waals surface area contributed by atoms with Crippen molar-refractivity contribution in [2.45, 2.75) is 37.8 Å². The van der Waals surface area contributed by atoms with E-state index in [-0.39, 0.29) is 6.10 Å². The van der Waals surface area contributed by atoms with Gasteiger partial charge in [0.15, 0.2) is 0 Å². The van der Waals surface area contributed by atoms with Crippen molar-refractivity contribution in [3.8, 4) is 0 Å². The lowest BCUT2D eigenvalue weighted by Crippen LogP contribution is -2.58. The van der Waals surface area contributed by atoms with Crippen molar-refractivity contribution in [3.05, 3.63) is 0 Å². The lowest BCUT2D eigenvalue weighted by molar-refractivity contribution is -0.152. The van der Waals surface area contributed by atoms with E-state index in [4.69, 9.17) is 4.74 Å². The highest BCUT2D eigenvalue weighted by molar-refractivity contribution is 5.79. The van der Waals surface area contributed by atoms with Gasteiger partial charge < -0.3 is 20.1 Å². The van der Waals surface area contributed by atoms with Gasteiger partial charge in [-0.25, -0.2) is 0 Å². The Balaban J connectivity index is 2.58. The molecule has 0 radical (unpaired) electrons. The summed E-state index contributed by atoms with van der Waals surface area (Å²) >= 11 is 0. The second-order valence-corrected chi connectivity index (χ2v) is 4.97. The molecule has 0 bridgehead atoms. The van der Waals surface area contributed by atoms with Crippen LogP contribution in [0.5, 0.6) is 0 Å². The van der Waals surface area contributed by atoms with E-state index in [9.17, 15) is 9.90 Å². The topological polar surface area (TPSA) is 61.8 Å². The summed E-state index contributed by atoms with van der Waals surface area (Å²) in [5.41, 5.74) is -0.797. The number of carbonyl (C=O) groups is 1. The zero-order valence-electron chi connectivity index (χ0n) is 11.0. The highest BCUT2D eigenvalue weighted by atomic mass is 16.5. The van der Waals surface area contributed by atoms with Gasteiger partial charge in [-0.1, -0.05) is 6.92 Å². The number of aliphatic carboxylic acids is 1. The van der Waals surface area contributed by atoms with Crippen LogP contribution in [0.15, 0.2) is 0 Å². The summed E-state index contributed by atoms with van der Waals surface area (Å²) in [5, 5.41) is 12.6. The molecule has 5 heteroatoms. The molecular weight excluding hydrogens is 220 g/mol. The maximum absolute atomic E-state index is 11.5. The van der Waals surface area contributed by atoms with Crippen molar-refractivity contribution in [2.75, 3.05) is 33.8 Å². The van der Waals surface area contributed by atoms with E-state index in [0.717, 1.165) is 13.0 Å². The molecule has 1 heterocycles. The monoisotopic (exact) mass is 244 g/mol. The van der Waals surface area contributed by atoms with Crippen molar-refractivity contribution >= 4 is 5.97 Å². The summed E-state index contributed by atoms with van der Waals surface area (Å²) in [6, 6.07) is 0. The Labute approximate surface area is 103 Å². The molecule has 1 aliphatic rings. The molecule has 100 valence electrons. The molecule has 1 saturated heterocycles. The zero-order chi connectivity index (χ0) is 12.9. The molecule has 0 aliphatic carbocycles. The van der Waals surface area contributed by atoms with Crippen molar-refractivity contribution in [1.29, 1.82) is 0 Å². The van der Waals surface area contributed by atoms with E-state index in [1.54, 1.807) is 0 Å². The van der Waals surface area contributed by atoms with Gasteiger partial charge in [0.25, 0.3) is 0 Å². The summed E-state index contributed by atoms with van der Waals surface area (Å²) in [5.74, 6) is -0.752. The van der Waals surface area contributed by atoms with E-state index in [2.05, 4.69) is 5.32 Å². The minimum Gasteiger partial charge on any atom is -0.480 e. The van der Waals surface area contributed by atoms with Crippen LogP contribution in [-0.4, -0.2) is 61.4 Å². The third-order valence-electron chi connectivity index (χ3n) is 3.35. The number of nitrogens with zero attached hydrogens (tertiary/aromatic N) is 1. The summed E-state index contributed by atoms with van der Waals surface area (Å²) in [6.07, 6.45) is 2.04. The predicted molar refractivity (Wildman–Crippen MR) is 66.2 cm³/mol. The van der Waals surface area contributed by atoms with Gasteiger partial charge in [-0.3, -0.25) is 4.79 Å². The van der Waals surface area contributed by atoms with E-state index in [1.807, 2.05) is 25.9 Å². The second kappa shape index (κ2) is 6.33. The van der Waals surface area contributed by atoms with Crippen molar-refractivity contribution in [1.82, 2.24) is 10.2 Å². The number of hydrogen-bond acceptors (Lipinski definition) is 4. The normalized spacial score (nSPS) is 29.5. The number of nitrogens with one attached hydrogen (secondary N) is 1. The number of carboxylic acids is 1. The summed E-state index contributed by atoms with van der Waals surface area (Å²) < 4.78 is 5.55. The third-order valence-corrected chi connectivity index (χ3v) is 3.35. The predicted octanol–water partition coefficient (Wildman–Crippen LogP) is 0.550. The molecule has 0 amide bonds. The fraction of sp³-hybridized carbons (Fsp3) is 0.917. The molecule has 17 heavy (non-hydrogen) atoms. The smallest absolute Gasteiger partial charge is 0.324 e. The summed E-state index contributed by atoms with van der Waals surface area (Å²) in [4.78, 5) is 13.5. The molecule has 1 aliphatic heterocycles. The Morgan fingerprint density at radius 3 is 2.82 bits per heavy atom. The van der Waals surface area contributed by atoms with Crippen LogP contribution in [0, 0.1) is 0 Å². The molecule has 0 saturated carbocycles. The zero-order valence-corrected chi connectivity index (χ0v) is 11.0. The van der Waals surface area contributed by atoms with Crippen LogP contribution in [0.3, 0.4) is 0 Å². The van der Waals surface area contributed by atoms with Gasteiger partial charge >= 0.3 is 5.97 Å². The highest BCUT2D eigenvalue weighted by Gasteiger charge is 2.42. The maximum Gasteiger partial charge on any atom is 0.324 e. The summed E-state index contributed by atoms with van der Waals surface area (Å²) in [6.45, 7) is 4.09. The van der Waals surface area contributed by atoms with Gasteiger partial charge in [0, 0.05) is 26.1 Å². The molecule has 1 fully saturated rings. The number of likely N-dealkylation sites (N-methyl/N-ethyl adjacent to an activating group) is 1. The molecule has 1 rings (SSSR count). The number of hydrogen-bond donors (Lipinski definition) is 2. The van der Waals surface area contributed by atoms with Crippen LogP contribution in [0.4, 0.5) is 0 Å². The number of ether oxygens (including phenoxy) is 1. The molecule has 0 aromatic carbocycles. The fourth-order valence-electron chi connectivity index (χ4n) is 2.16.